The summed E-state index contributed by atoms with van der Waals surface area (Å²) in [6.07, 6.45) is 3.88. The minimum atomic E-state index is -0.871. The van der Waals surface area contributed by atoms with Crippen LogP contribution in [0.15, 0.2) is 64.1 Å². The van der Waals surface area contributed by atoms with Crippen LogP contribution in [-0.4, -0.2) is 15.3 Å². The fourth-order valence-electron chi connectivity index (χ4n) is 3.08. The lowest BCUT2D eigenvalue weighted by Crippen LogP contribution is -2.15. The number of nitrogens with zero attached hydrogens (tertiary/aromatic N) is 2. The van der Waals surface area contributed by atoms with E-state index in [1.165, 1.54) is 16.7 Å². The summed E-state index contributed by atoms with van der Waals surface area (Å²) in [7, 11) is 0. The van der Waals surface area contributed by atoms with Gasteiger partial charge in [-0.1, -0.05) is 11.6 Å². The van der Waals surface area contributed by atoms with E-state index >= 15 is 0 Å². The SMILES string of the molecule is O=C(c1cc(F)ccc1F)c1cc2oc(=O)n(CCc3ccncc3)c2cc1Cl. The van der Waals surface area contributed by atoms with Crippen molar-refractivity contribution in [2.75, 3.05) is 0 Å². The average Bonchev–Trinajstić information content (AvgIpc) is 3.02. The molecule has 2 aromatic heterocycles. The van der Waals surface area contributed by atoms with E-state index in [0.29, 0.717) is 18.5 Å². The van der Waals surface area contributed by atoms with Crippen LogP contribution in [0.5, 0.6) is 0 Å². The van der Waals surface area contributed by atoms with Gasteiger partial charge < -0.3 is 4.42 Å². The Morgan fingerprint density at radius 3 is 2.59 bits per heavy atom. The third-order valence-electron chi connectivity index (χ3n) is 4.55. The second-order valence-electron chi connectivity index (χ2n) is 6.38. The Kier molecular flexibility index (Phi) is 4.98. The summed E-state index contributed by atoms with van der Waals surface area (Å²) in [5.41, 5.74) is 0.991. The number of carbonyl (C=O) groups is 1. The number of benzene rings is 2. The minimum absolute atomic E-state index is 0.00428. The molecule has 0 unspecified atom stereocenters. The van der Waals surface area contributed by atoms with Crippen LogP contribution in [0.1, 0.15) is 21.5 Å². The van der Waals surface area contributed by atoms with Gasteiger partial charge in [-0.3, -0.25) is 14.3 Å². The molecule has 8 heteroatoms. The third kappa shape index (κ3) is 3.69. The highest BCUT2D eigenvalue weighted by atomic mass is 35.5. The zero-order valence-corrected chi connectivity index (χ0v) is 15.6. The van der Waals surface area contributed by atoms with Crippen LogP contribution in [0.2, 0.25) is 5.02 Å². The molecule has 2 aromatic carbocycles. The summed E-state index contributed by atoms with van der Waals surface area (Å²) in [5.74, 6) is -3.03. The zero-order valence-electron chi connectivity index (χ0n) is 14.9. The molecule has 4 rings (SSSR count). The zero-order chi connectivity index (χ0) is 20.5. The number of ketones is 1. The Morgan fingerprint density at radius 1 is 1.07 bits per heavy atom. The van der Waals surface area contributed by atoms with Gasteiger partial charge in [-0.15, -0.1) is 0 Å². The molecule has 0 aliphatic carbocycles. The lowest BCUT2D eigenvalue weighted by molar-refractivity contribution is 0.103. The predicted octanol–water partition coefficient (Wildman–Crippen LogP) is 4.39. The summed E-state index contributed by atoms with van der Waals surface area (Å²) in [6, 6.07) is 8.94. The average molecular weight is 415 g/mol. The first-order chi connectivity index (χ1) is 13.9. The van der Waals surface area contributed by atoms with Gasteiger partial charge in [0.25, 0.3) is 0 Å². The van der Waals surface area contributed by atoms with Gasteiger partial charge in [-0.2, -0.15) is 0 Å². The molecule has 0 radical (unpaired) electrons. The van der Waals surface area contributed by atoms with Crippen molar-refractivity contribution < 1.29 is 18.0 Å². The van der Waals surface area contributed by atoms with Crippen LogP contribution in [0.25, 0.3) is 11.1 Å². The van der Waals surface area contributed by atoms with Crippen molar-refractivity contribution in [2.45, 2.75) is 13.0 Å². The highest BCUT2D eigenvalue weighted by molar-refractivity contribution is 6.35. The Morgan fingerprint density at radius 2 is 1.83 bits per heavy atom. The molecule has 0 fully saturated rings. The Hall–Kier alpha value is -3.32. The molecule has 146 valence electrons. The van der Waals surface area contributed by atoms with Gasteiger partial charge in [0.1, 0.15) is 11.6 Å². The summed E-state index contributed by atoms with van der Waals surface area (Å²) in [4.78, 5) is 28.9. The van der Waals surface area contributed by atoms with Crippen molar-refractivity contribution >= 4 is 28.5 Å². The van der Waals surface area contributed by atoms with Crippen LogP contribution < -0.4 is 5.76 Å². The second-order valence-corrected chi connectivity index (χ2v) is 6.79. The van der Waals surface area contributed by atoms with Gasteiger partial charge in [-0.25, -0.2) is 13.6 Å². The quantitative estimate of drug-likeness (QED) is 0.454. The Labute approximate surface area is 168 Å². The molecule has 0 bridgehead atoms. The highest BCUT2D eigenvalue weighted by Crippen LogP contribution is 2.27. The summed E-state index contributed by atoms with van der Waals surface area (Å²) in [5, 5.41) is 0.00428. The van der Waals surface area contributed by atoms with E-state index in [-0.39, 0.29) is 16.2 Å². The van der Waals surface area contributed by atoms with Crippen molar-refractivity contribution in [1.29, 1.82) is 0 Å². The van der Waals surface area contributed by atoms with Crippen LogP contribution in [-0.2, 0) is 13.0 Å². The number of hydrogen-bond donors (Lipinski definition) is 0. The number of halogens is 3. The number of aromatic nitrogens is 2. The molecule has 0 saturated carbocycles. The van der Waals surface area contributed by atoms with Gasteiger partial charge in [0.05, 0.1) is 16.1 Å². The number of rotatable bonds is 5. The maximum Gasteiger partial charge on any atom is 0.419 e. The summed E-state index contributed by atoms with van der Waals surface area (Å²) in [6.45, 7) is 0.331. The number of pyridine rings is 1. The highest BCUT2D eigenvalue weighted by Gasteiger charge is 2.21. The largest absolute Gasteiger partial charge is 0.419 e. The number of fused-ring (bicyclic) bond motifs is 1. The maximum atomic E-state index is 14.0. The van der Waals surface area contributed by atoms with Crippen molar-refractivity contribution in [3.05, 3.63) is 98.8 Å². The first-order valence-electron chi connectivity index (χ1n) is 8.65. The number of oxazole rings is 1. The monoisotopic (exact) mass is 414 g/mol. The lowest BCUT2D eigenvalue weighted by atomic mass is 10.0. The first kappa shape index (κ1) is 19.0. The predicted molar refractivity (Wildman–Crippen MR) is 103 cm³/mol. The molecule has 0 N–H and O–H groups in total. The molecule has 29 heavy (non-hydrogen) atoms. The van der Waals surface area contributed by atoms with E-state index in [1.54, 1.807) is 12.4 Å². The molecule has 0 amide bonds. The molecule has 0 atom stereocenters. The number of aryl methyl sites for hydroxylation is 2. The third-order valence-corrected chi connectivity index (χ3v) is 4.86. The molecular weight excluding hydrogens is 402 g/mol. The normalized spacial score (nSPS) is 11.1. The van der Waals surface area contributed by atoms with Gasteiger partial charge >= 0.3 is 5.76 Å². The van der Waals surface area contributed by atoms with E-state index in [1.807, 2.05) is 12.1 Å². The van der Waals surface area contributed by atoms with Crippen molar-refractivity contribution in [2.24, 2.45) is 0 Å². The fraction of sp³-hybridized carbons (Fsp3) is 0.0952. The van der Waals surface area contributed by atoms with Crippen molar-refractivity contribution in [1.82, 2.24) is 9.55 Å². The van der Waals surface area contributed by atoms with Gasteiger partial charge in [0.15, 0.2) is 11.4 Å². The Bertz CT molecular complexity index is 1280. The molecule has 0 aliphatic rings. The van der Waals surface area contributed by atoms with E-state index < -0.39 is 28.7 Å². The van der Waals surface area contributed by atoms with Crippen LogP contribution in [0.3, 0.4) is 0 Å². The van der Waals surface area contributed by atoms with Gasteiger partial charge in [-0.05, 0) is 54.4 Å². The molecule has 5 nitrogen and oxygen atoms in total. The van der Waals surface area contributed by atoms with Crippen molar-refractivity contribution in [3.63, 3.8) is 0 Å². The van der Waals surface area contributed by atoms with Crippen LogP contribution in [0, 0.1) is 11.6 Å². The topological polar surface area (TPSA) is 65.1 Å². The minimum Gasteiger partial charge on any atom is -0.408 e. The fourth-order valence-corrected chi connectivity index (χ4v) is 3.32. The smallest absolute Gasteiger partial charge is 0.408 e. The first-order valence-corrected chi connectivity index (χ1v) is 9.03. The lowest BCUT2D eigenvalue weighted by Gasteiger charge is -2.07. The Balaban J connectivity index is 1.72. The van der Waals surface area contributed by atoms with E-state index in [0.717, 1.165) is 23.8 Å². The van der Waals surface area contributed by atoms with E-state index in [2.05, 4.69) is 4.98 Å². The molecule has 2 heterocycles. The molecule has 4 aromatic rings. The second kappa shape index (κ2) is 7.60. The van der Waals surface area contributed by atoms with Crippen molar-refractivity contribution in [3.8, 4) is 0 Å². The van der Waals surface area contributed by atoms with E-state index in [4.69, 9.17) is 16.0 Å². The number of hydrogen-bond acceptors (Lipinski definition) is 4. The van der Waals surface area contributed by atoms with Gasteiger partial charge in [0, 0.05) is 24.5 Å². The van der Waals surface area contributed by atoms with Crippen LogP contribution >= 0.6 is 11.6 Å². The standard InChI is InChI=1S/C21H13ClF2N2O3/c22-16-11-18-19(10-14(16)20(27)15-9-13(23)1-2-17(15)24)29-21(28)26(18)8-5-12-3-6-25-7-4-12/h1-4,6-7,9-11H,5,8H2. The maximum absolute atomic E-state index is 14.0. The van der Waals surface area contributed by atoms with Crippen LogP contribution in [0.4, 0.5) is 8.78 Å². The summed E-state index contributed by atoms with van der Waals surface area (Å²) >= 11 is 6.24. The molecule has 0 saturated heterocycles. The summed E-state index contributed by atoms with van der Waals surface area (Å²) < 4.78 is 34.0. The van der Waals surface area contributed by atoms with E-state index in [9.17, 15) is 18.4 Å². The molecular formula is C21H13ClF2N2O3. The molecule has 0 spiro atoms. The molecule has 0 aliphatic heterocycles. The number of carbonyl (C=O) groups excluding carboxylic acids is 1. The van der Waals surface area contributed by atoms with Gasteiger partial charge in [0.2, 0.25) is 0 Å².